The number of hydrogen-bond acceptors (Lipinski definition) is 4. The van der Waals surface area contributed by atoms with Crippen LogP contribution in [-0.2, 0) is 14.8 Å². The fraction of sp³-hybridized carbons (Fsp3) is 0.316. The average Bonchev–Trinajstić information content (AvgIpc) is 2.57. The molecule has 2 aromatic carbocycles. The van der Waals surface area contributed by atoms with E-state index in [1.807, 2.05) is 31.2 Å². The lowest BCUT2D eigenvalue weighted by molar-refractivity contribution is -0.116. The summed E-state index contributed by atoms with van der Waals surface area (Å²) in [5, 5.41) is 3.13. The molecule has 0 radical (unpaired) electrons. The van der Waals surface area contributed by atoms with Gasteiger partial charge in [-0.25, -0.2) is 8.42 Å². The van der Waals surface area contributed by atoms with Crippen molar-refractivity contribution < 1.29 is 17.9 Å². The van der Waals surface area contributed by atoms with Crippen molar-refractivity contribution in [1.29, 1.82) is 0 Å². The third kappa shape index (κ3) is 6.15. The average molecular weight is 411 g/mol. The number of rotatable bonds is 8. The van der Waals surface area contributed by atoms with Gasteiger partial charge in [0.2, 0.25) is 15.9 Å². The molecule has 2 aromatic rings. The summed E-state index contributed by atoms with van der Waals surface area (Å²) in [6.07, 6.45) is 1.69. The van der Waals surface area contributed by atoms with E-state index in [-0.39, 0.29) is 18.9 Å². The van der Waals surface area contributed by atoms with E-state index in [1.165, 1.54) is 17.5 Å². The quantitative estimate of drug-likeness (QED) is 0.717. The van der Waals surface area contributed by atoms with E-state index in [9.17, 15) is 13.2 Å². The van der Waals surface area contributed by atoms with Crippen molar-refractivity contribution in [2.24, 2.45) is 0 Å². The Morgan fingerprint density at radius 1 is 1.22 bits per heavy atom. The van der Waals surface area contributed by atoms with Crippen LogP contribution < -0.4 is 14.4 Å². The number of benzene rings is 2. The lowest BCUT2D eigenvalue weighted by Gasteiger charge is -2.23. The molecule has 1 N–H and O–H groups in total. The summed E-state index contributed by atoms with van der Waals surface area (Å²) >= 11 is 6.10. The summed E-state index contributed by atoms with van der Waals surface area (Å²) in [6.45, 7) is 2.11. The van der Waals surface area contributed by atoms with Gasteiger partial charge in [-0.15, -0.1) is 0 Å². The minimum atomic E-state index is -3.51. The van der Waals surface area contributed by atoms with E-state index in [1.54, 1.807) is 12.1 Å². The van der Waals surface area contributed by atoms with Crippen LogP contribution in [0.25, 0.3) is 0 Å². The second-order valence-electron chi connectivity index (χ2n) is 6.18. The molecule has 0 aliphatic carbocycles. The molecule has 27 heavy (non-hydrogen) atoms. The summed E-state index contributed by atoms with van der Waals surface area (Å²) in [6, 6.07) is 12.3. The van der Waals surface area contributed by atoms with Gasteiger partial charge >= 0.3 is 0 Å². The molecule has 0 unspecified atom stereocenters. The first-order chi connectivity index (χ1) is 12.7. The highest BCUT2D eigenvalue weighted by molar-refractivity contribution is 7.92. The van der Waals surface area contributed by atoms with E-state index < -0.39 is 10.0 Å². The topological polar surface area (TPSA) is 75.7 Å². The fourth-order valence-electron chi connectivity index (χ4n) is 2.63. The molecular formula is C19H23ClN2O4S. The van der Waals surface area contributed by atoms with Crippen molar-refractivity contribution in [3.63, 3.8) is 0 Å². The molecule has 2 rings (SSSR count). The van der Waals surface area contributed by atoms with Gasteiger partial charge in [0.15, 0.2) is 0 Å². The molecule has 0 aromatic heterocycles. The van der Waals surface area contributed by atoms with Crippen LogP contribution in [0, 0.1) is 6.92 Å². The van der Waals surface area contributed by atoms with Gasteiger partial charge in [0.25, 0.3) is 0 Å². The van der Waals surface area contributed by atoms with Crippen LogP contribution in [-0.4, -0.2) is 34.2 Å². The Kier molecular flexibility index (Phi) is 7.10. The summed E-state index contributed by atoms with van der Waals surface area (Å²) in [5.74, 6) is 0.299. The SMILES string of the molecule is COc1ccc(N(CCCC(=O)Nc2cccc(C)c2)S(C)(=O)=O)cc1Cl. The van der Waals surface area contributed by atoms with Crippen molar-refractivity contribution >= 4 is 38.9 Å². The maximum absolute atomic E-state index is 12.2. The van der Waals surface area contributed by atoms with Crippen LogP contribution >= 0.6 is 11.6 Å². The molecule has 0 saturated heterocycles. The maximum atomic E-state index is 12.2. The zero-order valence-electron chi connectivity index (χ0n) is 15.5. The lowest BCUT2D eigenvalue weighted by Crippen LogP contribution is -2.31. The zero-order valence-corrected chi connectivity index (χ0v) is 17.1. The van der Waals surface area contributed by atoms with Gasteiger partial charge in [0.1, 0.15) is 5.75 Å². The van der Waals surface area contributed by atoms with Crippen molar-refractivity contribution in [3.05, 3.63) is 53.1 Å². The van der Waals surface area contributed by atoms with Crippen LogP contribution in [0.1, 0.15) is 18.4 Å². The van der Waals surface area contributed by atoms with E-state index in [2.05, 4.69) is 5.32 Å². The van der Waals surface area contributed by atoms with Crippen LogP contribution in [0.3, 0.4) is 0 Å². The molecule has 0 aliphatic rings. The summed E-state index contributed by atoms with van der Waals surface area (Å²) < 4.78 is 30.6. The molecule has 0 spiro atoms. The van der Waals surface area contributed by atoms with Gasteiger partial charge in [0.05, 0.1) is 24.1 Å². The Balaban J connectivity index is 2.01. The summed E-state index contributed by atoms with van der Waals surface area (Å²) in [7, 11) is -2.03. The lowest BCUT2D eigenvalue weighted by atomic mass is 10.2. The van der Waals surface area contributed by atoms with Gasteiger partial charge in [-0.2, -0.15) is 0 Å². The molecular weight excluding hydrogens is 388 g/mol. The molecule has 0 aliphatic heterocycles. The predicted molar refractivity (Wildman–Crippen MR) is 109 cm³/mol. The Morgan fingerprint density at radius 2 is 1.96 bits per heavy atom. The maximum Gasteiger partial charge on any atom is 0.232 e. The predicted octanol–water partition coefficient (Wildman–Crippen LogP) is 3.84. The van der Waals surface area contributed by atoms with Crippen LogP contribution in [0.4, 0.5) is 11.4 Å². The van der Waals surface area contributed by atoms with Crippen LogP contribution in [0.5, 0.6) is 5.75 Å². The Morgan fingerprint density at radius 3 is 2.56 bits per heavy atom. The minimum Gasteiger partial charge on any atom is -0.495 e. The number of nitrogens with one attached hydrogen (secondary N) is 1. The Bertz CT molecular complexity index is 916. The number of aryl methyl sites for hydroxylation is 1. The third-order valence-corrected chi connectivity index (χ3v) is 5.38. The number of hydrogen-bond donors (Lipinski definition) is 1. The van der Waals surface area contributed by atoms with E-state index >= 15 is 0 Å². The standard InChI is InChI=1S/C19H23ClN2O4S/c1-14-6-4-7-15(12-14)21-19(23)8-5-11-22(27(3,24)25)16-9-10-18(26-2)17(20)13-16/h4,6-7,9-10,12-13H,5,8,11H2,1-3H3,(H,21,23). The number of carbonyl (C=O) groups excluding carboxylic acids is 1. The number of nitrogens with zero attached hydrogens (tertiary/aromatic N) is 1. The number of sulfonamides is 1. The van der Waals surface area contributed by atoms with Gasteiger partial charge in [0, 0.05) is 18.7 Å². The van der Waals surface area contributed by atoms with Gasteiger partial charge in [-0.05, 0) is 49.2 Å². The second kappa shape index (κ2) is 9.10. The monoisotopic (exact) mass is 410 g/mol. The summed E-state index contributed by atoms with van der Waals surface area (Å²) in [5.41, 5.74) is 2.21. The molecule has 0 bridgehead atoms. The Hall–Kier alpha value is -2.25. The van der Waals surface area contributed by atoms with E-state index in [0.29, 0.717) is 22.9 Å². The smallest absolute Gasteiger partial charge is 0.232 e. The number of halogens is 1. The number of anilines is 2. The largest absolute Gasteiger partial charge is 0.495 e. The highest BCUT2D eigenvalue weighted by Gasteiger charge is 2.19. The van der Waals surface area contributed by atoms with Gasteiger partial charge in [-0.3, -0.25) is 9.10 Å². The number of ether oxygens (including phenoxy) is 1. The molecule has 0 atom stereocenters. The van der Waals surface area contributed by atoms with E-state index in [0.717, 1.165) is 17.5 Å². The molecule has 1 amide bonds. The third-order valence-electron chi connectivity index (χ3n) is 3.89. The van der Waals surface area contributed by atoms with Crippen molar-refractivity contribution in [2.45, 2.75) is 19.8 Å². The zero-order chi connectivity index (χ0) is 20.0. The first-order valence-corrected chi connectivity index (χ1v) is 10.6. The number of amides is 1. The highest BCUT2D eigenvalue weighted by Crippen LogP contribution is 2.30. The van der Waals surface area contributed by atoms with Crippen molar-refractivity contribution in [3.8, 4) is 5.75 Å². The summed E-state index contributed by atoms with van der Waals surface area (Å²) in [4.78, 5) is 12.1. The molecule has 146 valence electrons. The fourth-order valence-corrected chi connectivity index (χ4v) is 3.84. The van der Waals surface area contributed by atoms with Gasteiger partial charge in [-0.1, -0.05) is 23.7 Å². The number of methoxy groups -OCH3 is 1. The first kappa shape index (κ1) is 21.1. The molecule has 0 saturated carbocycles. The van der Waals surface area contributed by atoms with Crippen molar-refractivity contribution in [2.75, 3.05) is 29.5 Å². The van der Waals surface area contributed by atoms with Crippen LogP contribution in [0.15, 0.2) is 42.5 Å². The Labute approximate surface area is 165 Å². The normalized spacial score (nSPS) is 11.1. The van der Waals surface area contributed by atoms with Gasteiger partial charge < -0.3 is 10.1 Å². The second-order valence-corrected chi connectivity index (χ2v) is 8.49. The van der Waals surface area contributed by atoms with E-state index in [4.69, 9.17) is 16.3 Å². The first-order valence-electron chi connectivity index (χ1n) is 8.38. The minimum absolute atomic E-state index is 0.165. The van der Waals surface area contributed by atoms with Crippen LogP contribution in [0.2, 0.25) is 5.02 Å². The van der Waals surface area contributed by atoms with Crippen molar-refractivity contribution in [1.82, 2.24) is 0 Å². The molecule has 8 heteroatoms. The highest BCUT2D eigenvalue weighted by atomic mass is 35.5. The molecule has 0 heterocycles. The molecule has 0 fully saturated rings. The number of carbonyl (C=O) groups is 1. The molecule has 6 nitrogen and oxygen atoms in total.